The van der Waals surface area contributed by atoms with E-state index >= 15 is 0 Å². The van der Waals surface area contributed by atoms with Gasteiger partial charge < -0.3 is 14.7 Å². The number of ether oxygens (including phenoxy) is 1. The molecule has 0 radical (unpaired) electrons. The minimum Gasteiger partial charge on any atom is -0.392 e. The molecule has 20 heavy (non-hydrogen) atoms. The van der Waals surface area contributed by atoms with E-state index in [1.807, 2.05) is 26.1 Å². The molecule has 5 heteroatoms. The molecule has 0 amide bonds. The van der Waals surface area contributed by atoms with E-state index < -0.39 is 0 Å². The fourth-order valence-corrected chi connectivity index (χ4v) is 3.53. The molecule has 5 nitrogen and oxygen atoms in total. The minimum atomic E-state index is -0.209. The molecule has 1 spiro atoms. The number of aromatic nitrogens is 2. The molecule has 1 aliphatic carbocycles. The summed E-state index contributed by atoms with van der Waals surface area (Å²) in [5, 5.41) is 10.2. The van der Waals surface area contributed by atoms with Crippen LogP contribution in [0.5, 0.6) is 0 Å². The first-order valence-electron chi connectivity index (χ1n) is 7.50. The van der Waals surface area contributed by atoms with Gasteiger partial charge in [0.25, 0.3) is 0 Å². The van der Waals surface area contributed by atoms with Crippen LogP contribution in [0.1, 0.15) is 31.9 Å². The van der Waals surface area contributed by atoms with Gasteiger partial charge in [0.1, 0.15) is 0 Å². The van der Waals surface area contributed by atoms with Crippen molar-refractivity contribution in [3.8, 4) is 0 Å². The van der Waals surface area contributed by atoms with Gasteiger partial charge in [-0.05, 0) is 32.8 Å². The topological polar surface area (TPSA) is 58.5 Å². The summed E-state index contributed by atoms with van der Waals surface area (Å²) < 4.78 is 5.79. The number of hydrogen-bond acceptors (Lipinski definition) is 5. The maximum absolute atomic E-state index is 10.2. The Morgan fingerprint density at radius 3 is 2.80 bits per heavy atom. The highest BCUT2D eigenvalue weighted by atomic mass is 16.5. The zero-order valence-electron chi connectivity index (χ0n) is 12.2. The fourth-order valence-electron chi connectivity index (χ4n) is 3.53. The summed E-state index contributed by atoms with van der Waals surface area (Å²) in [6.45, 7) is 6.52. The van der Waals surface area contributed by atoms with Gasteiger partial charge in [-0.15, -0.1) is 0 Å². The summed E-state index contributed by atoms with van der Waals surface area (Å²) in [4.78, 5) is 11.0. The molecule has 1 aliphatic heterocycles. The molecule has 1 aromatic rings. The lowest BCUT2D eigenvalue weighted by Gasteiger charge is -2.56. The van der Waals surface area contributed by atoms with Crippen LogP contribution in [-0.2, 0) is 4.74 Å². The van der Waals surface area contributed by atoms with Crippen LogP contribution in [0, 0.1) is 12.3 Å². The number of nitrogens with zero attached hydrogens (tertiary/aromatic N) is 3. The molecule has 2 atom stereocenters. The highest BCUT2D eigenvalue weighted by Crippen LogP contribution is 2.51. The lowest BCUT2D eigenvalue weighted by atomic mass is 9.58. The van der Waals surface area contributed by atoms with E-state index in [-0.39, 0.29) is 17.6 Å². The Hall–Kier alpha value is -1.20. The van der Waals surface area contributed by atoms with Crippen LogP contribution in [0.3, 0.4) is 0 Å². The van der Waals surface area contributed by atoms with Gasteiger partial charge in [-0.1, -0.05) is 0 Å². The summed E-state index contributed by atoms with van der Waals surface area (Å²) in [6.07, 6.45) is 4.52. The average molecular weight is 277 g/mol. The maximum Gasteiger partial charge on any atom is 0.225 e. The van der Waals surface area contributed by atoms with Crippen molar-refractivity contribution in [1.82, 2.24) is 9.97 Å². The van der Waals surface area contributed by atoms with Crippen molar-refractivity contribution in [2.24, 2.45) is 5.41 Å². The Morgan fingerprint density at radius 1 is 1.45 bits per heavy atom. The lowest BCUT2D eigenvalue weighted by Crippen LogP contribution is -2.62. The van der Waals surface area contributed by atoms with Crippen LogP contribution < -0.4 is 4.90 Å². The van der Waals surface area contributed by atoms with Crippen LogP contribution in [0.2, 0.25) is 0 Å². The first kappa shape index (κ1) is 13.8. The molecule has 0 aromatic carbocycles. The van der Waals surface area contributed by atoms with Crippen molar-refractivity contribution in [3.63, 3.8) is 0 Å². The molecule has 0 bridgehead atoms. The van der Waals surface area contributed by atoms with Crippen LogP contribution in [-0.4, -0.2) is 47.0 Å². The molecule has 2 heterocycles. The second kappa shape index (κ2) is 5.30. The number of anilines is 1. The largest absolute Gasteiger partial charge is 0.392 e. The number of piperidine rings is 1. The standard InChI is InChI=1S/C15H23N3O2/c1-3-20-13-10-12(19)15(13)5-8-18(9-6-15)14-16-7-4-11(2)17-14/h4,7,12-13,19H,3,5-6,8-10H2,1-2H3/t12-,13-/m0/s1. The molecular formula is C15H23N3O2. The first-order chi connectivity index (χ1) is 9.65. The zero-order valence-corrected chi connectivity index (χ0v) is 12.2. The Bertz CT molecular complexity index is 470. The summed E-state index contributed by atoms with van der Waals surface area (Å²) in [7, 11) is 0. The highest BCUT2D eigenvalue weighted by molar-refractivity contribution is 5.32. The molecule has 1 saturated carbocycles. The Labute approximate surface area is 120 Å². The van der Waals surface area contributed by atoms with Crippen LogP contribution >= 0.6 is 0 Å². The molecule has 2 aliphatic rings. The van der Waals surface area contributed by atoms with Gasteiger partial charge in [0.15, 0.2) is 0 Å². The van der Waals surface area contributed by atoms with Crippen molar-refractivity contribution in [3.05, 3.63) is 18.0 Å². The smallest absolute Gasteiger partial charge is 0.225 e. The first-order valence-corrected chi connectivity index (χ1v) is 7.50. The van der Waals surface area contributed by atoms with Gasteiger partial charge in [0.05, 0.1) is 12.2 Å². The predicted octanol–water partition coefficient (Wildman–Crippen LogP) is 1.54. The van der Waals surface area contributed by atoms with Crippen molar-refractivity contribution in [2.75, 3.05) is 24.6 Å². The lowest BCUT2D eigenvalue weighted by molar-refractivity contribution is -0.199. The van der Waals surface area contributed by atoms with Crippen molar-refractivity contribution in [2.45, 2.75) is 45.3 Å². The second-order valence-corrected chi connectivity index (χ2v) is 5.91. The molecule has 2 fully saturated rings. The third kappa shape index (κ3) is 2.19. The predicted molar refractivity (Wildman–Crippen MR) is 76.7 cm³/mol. The zero-order chi connectivity index (χ0) is 14.2. The number of aliphatic hydroxyl groups excluding tert-OH is 1. The van der Waals surface area contributed by atoms with E-state index in [2.05, 4.69) is 14.9 Å². The summed E-state index contributed by atoms with van der Waals surface area (Å²) in [5.41, 5.74) is 0.960. The van der Waals surface area contributed by atoms with Crippen molar-refractivity contribution < 1.29 is 9.84 Å². The van der Waals surface area contributed by atoms with Crippen molar-refractivity contribution >= 4 is 5.95 Å². The fraction of sp³-hybridized carbons (Fsp3) is 0.733. The summed E-state index contributed by atoms with van der Waals surface area (Å²) >= 11 is 0. The summed E-state index contributed by atoms with van der Waals surface area (Å²) in [5.74, 6) is 0.807. The number of aliphatic hydroxyl groups is 1. The van der Waals surface area contributed by atoms with E-state index in [9.17, 15) is 5.11 Å². The Kier molecular flexibility index (Phi) is 3.65. The van der Waals surface area contributed by atoms with Gasteiger partial charge in [0.2, 0.25) is 5.95 Å². The SMILES string of the molecule is CCO[C@H]1C[C@H](O)C12CCN(c1nccc(C)n1)CC2. The van der Waals surface area contributed by atoms with E-state index in [0.29, 0.717) is 0 Å². The Morgan fingerprint density at radius 2 is 2.20 bits per heavy atom. The van der Waals surface area contributed by atoms with Crippen LogP contribution in [0.4, 0.5) is 5.95 Å². The molecule has 110 valence electrons. The monoisotopic (exact) mass is 277 g/mol. The van der Waals surface area contributed by atoms with Gasteiger partial charge in [-0.2, -0.15) is 0 Å². The van der Waals surface area contributed by atoms with Gasteiger partial charge in [-0.25, -0.2) is 9.97 Å². The third-order valence-corrected chi connectivity index (χ3v) is 4.87. The molecule has 1 aromatic heterocycles. The molecule has 0 unspecified atom stereocenters. The number of rotatable bonds is 3. The minimum absolute atomic E-state index is 0.0314. The van der Waals surface area contributed by atoms with Crippen LogP contribution in [0.25, 0.3) is 0 Å². The van der Waals surface area contributed by atoms with Gasteiger partial charge >= 0.3 is 0 Å². The highest BCUT2D eigenvalue weighted by Gasteiger charge is 2.56. The molecular weight excluding hydrogens is 254 g/mol. The van der Waals surface area contributed by atoms with Crippen molar-refractivity contribution in [1.29, 1.82) is 0 Å². The quantitative estimate of drug-likeness (QED) is 0.908. The second-order valence-electron chi connectivity index (χ2n) is 5.91. The molecule has 3 rings (SSSR count). The van der Waals surface area contributed by atoms with Crippen LogP contribution in [0.15, 0.2) is 12.3 Å². The average Bonchev–Trinajstić information content (AvgIpc) is 2.47. The van der Waals surface area contributed by atoms with E-state index in [1.165, 1.54) is 0 Å². The normalized spacial score (nSPS) is 28.4. The van der Waals surface area contributed by atoms with Gasteiger partial charge in [0, 0.05) is 43.4 Å². The van der Waals surface area contributed by atoms with E-state index in [0.717, 1.165) is 50.6 Å². The van der Waals surface area contributed by atoms with Gasteiger partial charge in [-0.3, -0.25) is 0 Å². The Balaban J connectivity index is 1.67. The van der Waals surface area contributed by atoms with E-state index in [1.54, 1.807) is 0 Å². The molecule has 1 N–H and O–H groups in total. The van der Waals surface area contributed by atoms with E-state index in [4.69, 9.17) is 4.74 Å². The number of hydrogen-bond donors (Lipinski definition) is 1. The summed E-state index contributed by atoms with van der Waals surface area (Å²) in [6, 6.07) is 1.91. The third-order valence-electron chi connectivity index (χ3n) is 4.87. The maximum atomic E-state index is 10.2. The molecule has 1 saturated heterocycles. The number of aryl methyl sites for hydroxylation is 1.